The predicted octanol–water partition coefficient (Wildman–Crippen LogP) is 1.13. The second kappa shape index (κ2) is 7.71. The first-order valence-electron chi connectivity index (χ1n) is 10.0. The Balaban J connectivity index is 1.54. The van der Waals surface area contributed by atoms with Crippen LogP contribution in [0.4, 0.5) is 5.69 Å². The Kier molecular flexibility index (Phi) is 5.41. The molecule has 2 aliphatic carbocycles. The first kappa shape index (κ1) is 20.3. The summed E-state index contributed by atoms with van der Waals surface area (Å²) in [6.07, 6.45) is 6.23. The average Bonchev–Trinajstić information content (AvgIpc) is 3.34. The number of aromatic nitrogens is 2. The molecule has 0 saturated carbocycles. The number of nitrogens with one attached hydrogen (secondary N) is 2. The summed E-state index contributed by atoms with van der Waals surface area (Å²) in [6.45, 7) is 0.523. The molecule has 9 heteroatoms. The molecule has 1 aromatic heterocycles. The Labute approximate surface area is 172 Å². The summed E-state index contributed by atoms with van der Waals surface area (Å²) in [5.74, 6) is 0.636. The number of imidazole rings is 1. The van der Waals surface area contributed by atoms with Crippen LogP contribution in [0.5, 0.6) is 0 Å². The van der Waals surface area contributed by atoms with Gasteiger partial charge in [0, 0.05) is 18.9 Å². The molecule has 4 rings (SSSR count). The highest BCUT2D eigenvalue weighted by Gasteiger charge is 2.27. The standard InChI is InChI=1S/C20H29N5O3S/c1-24(2)11-17-21-18(12-25(17)3)29(27,28)23-20(26)22-19-15-8-4-6-13(15)10-14-7-5-9-16(14)19/h10,12,20,22-23,26H,4-9,11H2,1-3H3. The van der Waals surface area contributed by atoms with Crippen molar-refractivity contribution in [2.75, 3.05) is 19.4 Å². The van der Waals surface area contributed by atoms with Crippen LogP contribution in [-0.2, 0) is 49.3 Å². The fourth-order valence-corrected chi connectivity index (χ4v) is 5.39. The minimum atomic E-state index is -3.96. The second-order valence-electron chi connectivity index (χ2n) is 8.25. The molecule has 29 heavy (non-hydrogen) atoms. The molecule has 8 nitrogen and oxygen atoms in total. The number of aliphatic hydroxyl groups is 1. The fraction of sp³-hybridized carbons (Fsp3) is 0.550. The van der Waals surface area contributed by atoms with E-state index in [0.717, 1.165) is 44.2 Å². The number of fused-ring (bicyclic) bond motifs is 2. The lowest BCUT2D eigenvalue weighted by atomic mass is 9.99. The van der Waals surface area contributed by atoms with Crippen molar-refractivity contribution in [2.45, 2.75) is 56.4 Å². The Hall–Kier alpha value is -1.94. The van der Waals surface area contributed by atoms with E-state index in [9.17, 15) is 13.5 Å². The van der Waals surface area contributed by atoms with E-state index in [-0.39, 0.29) is 5.03 Å². The Morgan fingerprint density at radius 3 is 2.38 bits per heavy atom. The fourth-order valence-electron chi connectivity index (χ4n) is 4.40. The number of hydrogen-bond acceptors (Lipinski definition) is 6. The predicted molar refractivity (Wildman–Crippen MR) is 111 cm³/mol. The highest BCUT2D eigenvalue weighted by atomic mass is 32.2. The first-order chi connectivity index (χ1) is 13.7. The maximum Gasteiger partial charge on any atom is 0.263 e. The Morgan fingerprint density at radius 1 is 1.17 bits per heavy atom. The molecule has 0 radical (unpaired) electrons. The molecular formula is C20H29N5O3S. The topological polar surface area (TPSA) is 99.5 Å². The van der Waals surface area contributed by atoms with Gasteiger partial charge in [0.05, 0.1) is 6.54 Å². The number of rotatable bonds is 7. The molecule has 0 fully saturated rings. The van der Waals surface area contributed by atoms with Crippen LogP contribution in [0.15, 0.2) is 17.3 Å². The molecule has 158 valence electrons. The molecule has 1 aromatic carbocycles. The zero-order chi connectivity index (χ0) is 20.8. The average molecular weight is 420 g/mol. The number of benzene rings is 1. The van der Waals surface area contributed by atoms with Gasteiger partial charge in [-0.2, -0.15) is 4.72 Å². The smallest absolute Gasteiger partial charge is 0.263 e. The molecule has 0 saturated heterocycles. The van der Waals surface area contributed by atoms with Crippen LogP contribution in [0.1, 0.15) is 40.9 Å². The monoisotopic (exact) mass is 419 g/mol. The molecule has 1 unspecified atom stereocenters. The van der Waals surface area contributed by atoms with E-state index >= 15 is 0 Å². The molecule has 1 heterocycles. The highest BCUT2D eigenvalue weighted by Crippen LogP contribution is 2.38. The van der Waals surface area contributed by atoms with Crippen LogP contribution in [0.2, 0.25) is 0 Å². The van der Waals surface area contributed by atoms with E-state index in [1.165, 1.54) is 28.5 Å². The normalized spacial score (nSPS) is 16.9. The van der Waals surface area contributed by atoms with Crippen molar-refractivity contribution in [1.29, 1.82) is 0 Å². The summed E-state index contributed by atoms with van der Waals surface area (Å²) in [7, 11) is 1.59. The van der Waals surface area contributed by atoms with Crippen LogP contribution in [0.25, 0.3) is 0 Å². The van der Waals surface area contributed by atoms with Gasteiger partial charge in [0.15, 0.2) is 11.4 Å². The van der Waals surface area contributed by atoms with Crippen LogP contribution in [-0.4, -0.2) is 48.4 Å². The van der Waals surface area contributed by atoms with Crippen molar-refractivity contribution in [1.82, 2.24) is 19.2 Å². The molecule has 0 spiro atoms. The third-order valence-electron chi connectivity index (χ3n) is 5.70. The zero-order valence-corrected chi connectivity index (χ0v) is 18.0. The molecule has 0 bridgehead atoms. The van der Waals surface area contributed by atoms with Gasteiger partial charge >= 0.3 is 0 Å². The maximum atomic E-state index is 12.8. The van der Waals surface area contributed by atoms with Gasteiger partial charge in [0.25, 0.3) is 10.0 Å². The van der Waals surface area contributed by atoms with Crippen LogP contribution in [0, 0.1) is 0 Å². The number of sulfonamides is 1. The van der Waals surface area contributed by atoms with Crippen LogP contribution < -0.4 is 10.0 Å². The molecule has 3 N–H and O–H groups in total. The molecule has 0 aliphatic heterocycles. The van der Waals surface area contributed by atoms with Crippen molar-refractivity contribution in [3.63, 3.8) is 0 Å². The van der Waals surface area contributed by atoms with E-state index < -0.39 is 16.4 Å². The molecule has 1 atom stereocenters. The summed E-state index contributed by atoms with van der Waals surface area (Å²) in [4.78, 5) is 6.15. The number of hydrogen-bond donors (Lipinski definition) is 3. The van der Waals surface area contributed by atoms with Gasteiger partial charge in [-0.1, -0.05) is 6.07 Å². The lowest BCUT2D eigenvalue weighted by Gasteiger charge is -2.21. The van der Waals surface area contributed by atoms with Gasteiger partial charge < -0.3 is 19.9 Å². The van der Waals surface area contributed by atoms with Gasteiger partial charge in [0.1, 0.15) is 5.82 Å². The lowest BCUT2D eigenvalue weighted by Crippen LogP contribution is -2.40. The third-order valence-corrected chi connectivity index (χ3v) is 6.99. The molecule has 2 aromatic rings. The van der Waals surface area contributed by atoms with Gasteiger partial charge in [-0.25, -0.2) is 13.4 Å². The second-order valence-corrected chi connectivity index (χ2v) is 9.91. The van der Waals surface area contributed by atoms with E-state index in [1.54, 1.807) is 11.6 Å². The third kappa shape index (κ3) is 4.05. The minimum Gasteiger partial charge on any atom is -0.360 e. The van der Waals surface area contributed by atoms with Gasteiger partial charge in [-0.05, 0) is 74.9 Å². The Morgan fingerprint density at radius 2 is 1.79 bits per heavy atom. The van der Waals surface area contributed by atoms with Gasteiger partial charge in [-0.15, -0.1) is 0 Å². The highest BCUT2D eigenvalue weighted by molar-refractivity contribution is 7.89. The number of aliphatic hydroxyl groups excluding tert-OH is 1. The summed E-state index contributed by atoms with van der Waals surface area (Å²) >= 11 is 0. The van der Waals surface area contributed by atoms with E-state index in [4.69, 9.17) is 0 Å². The first-order valence-corrected chi connectivity index (χ1v) is 11.5. The van der Waals surface area contributed by atoms with Gasteiger partial charge in [-0.3, -0.25) is 0 Å². The van der Waals surface area contributed by atoms with E-state index in [0.29, 0.717) is 12.4 Å². The largest absolute Gasteiger partial charge is 0.360 e. The summed E-state index contributed by atoms with van der Waals surface area (Å²) in [5, 5.41) is 13.5. The summed E-state index contributed by atoms with van der Waals surface area (Å²) in [5.41, 5.74) is 5.99. The molecular weight excluding hydrogens is 390 g/mol. The molecule has 0 amide bonds. The number of anilines is 1. The quantitative estimate of drug-likeness (QED) is 0.582. The van der Waals surface area contributed by atoms with Crippen molar-refractivity contribution >= 4 is 15.7 Å². The minimum absolute atomic E-state index is 0.0961. The van der Waals surface area contributed by atoms with Crippen molar-refractivity contribution < 1.29 is 13.5 Å². The molecule has 2 aliphatic rings. The SMILES string of the molecule is CN(C)Cc1nc(S(=O)(=O)NC(O)Nc2c3c(cc4c2CCC4)CCC3)cn1C. The number of nitrogens with zero attached hydrogens (tertiary/aromatic N) is 3. The van der Waals surface area contributed by atoms with Crippen molar-refractivity contribution in [3.8, 4) is 0 Å². The summed E-state index contributed by atoms with van der Waals surface area (Å²) < 4.78 is 29.5. The van der Waals surface area contributed by atoms with E-state index in [1.807, 2.05) is 19.0 Å². The van der Waals surface area contributed by atoms with Crippen LogP contribution in [0.3, 0.4) is 0 Å². The summed E-state index contributed by atoms with van der Waals surface area (Å²) in [6, 6.07) is 2.30. The van der Waals surface area contributed by atoms with Crippen molar-refractivity contribution in [2.24, 2.45) is 7.05 Å². The van der Waals surface area contributed by atoms with Crippen molar-refractivity contribution in [3.05, 3.63) is 40.3 Å². The van der Waals surface area contributed by atoms with Crippen LogP contribution >= 0.6 is 0 Å². The maximum absolute atomic E-state index is 12.8. The number of aryl methyl sites for hydroxylation is 3. The lowest BCUT2D eigenvalue weighted by molar-refractivity contribution is 0.192. The zero-order valence-electron chi connectivity index (χ0n) is 17.2. The van der Waals surface area contributed by atoms with Gasteiger partial charge in [0.2, 0.25) is 0 Å². The Bertz CT molecular complexity index is 997. The van der Waals surface area contributed by atoms with E-state index in [2.05, 4.69) is 21.1 Å².